The van der Waals surface area contributed by atoms with Gasteiger partial charge in [0.1, 0.15) is 0 Å². The molecule has 0 unspecified atom stereocenters. The molecule has 0 aromatic heterocycles. The van der Waals surface area contributed by atoms with E-state index < -0.39 is 10.0 Å². The van der Waals surface area contributed by atoms with Gasteiger partial charge in [0.25, 0.3) is 0 Å². The van der Waals surface area contributed by atoms with Crippen LogP contribution in [0.2, 0.25) is 0 Å². The third-order valence-electron chi connectivity index (χ3n) is 3.37. The lowest BCUT2D eigenvalue weighted by Crippen LogP contribution is -2.34. The fourth-order valence-electron chi connectivity index (χ4n) is 2.13. The van der Waals surface area contributed by atoms with Crippen molar-refractivity contribution >= 4 is 21.4 Å². The summed E-state index contributed by atoms with van der Waals surface area (Å²) in [5, 5.41) is 0. The number of nitrogens with two attached hydrogens (primary N) is 2. The monoisotopic (exact) mass is 284 g/mol. The predicted octanol–water partition coefficient (Wildman–Crippen LogP) is 0.177. The van der Waals surface area contributed by atoms with E-state index in [0.29, 0.717) is 24.5 Å². The molecule has 6 nitrogen and oxygen atoms in total. The quantitative estimate of drug-likeness (QED) is 0.756. The van der Waals surface area contributed by atoms with E-state index >= 15 is 0 Å². The van der Waals surface area contributed by atoms with Crippen molar-refractivity contribution in [3.8, 4) is 0 Å². The highest BCUT2D eigenvalue weighted by Crippen LogP contribution is 2.23. The minimum Gasteiger partial charge on any atom is -0.397 e. The molecule has 19 heavy (non-hydrogen) atoms. The average Bonchev–Trinajstić information content (AvgIpc) is 2.57. The van der Waals surface area contributed by atoms with Gasteiger partial charge in [-0.1, -0.05) is 0 Å². The van der Waals surface area contributed by atoms with Gasteiger partial charge in [0.15, 0.2) is 0 Å². The summed E-state index contributed by atoms with van der Waals surface area (Å²) in [7, 11) is -1.48. The molecule has 0 atom stereocenters. The lowest BCUT2D eigenvalue weighted by Gasteiger charge is -2.20. The van der Waals surface area contributed by atoms with Crippen LogP contribution in [0.1, 0.15) is 6.42 Å². The van der Waals surface area contributed by atoms with Gasteiger partial charge < -0.3 is 16.4 Å². The molecule has 1 aromatic carbocycles. The van der Waals surface area contributed by atoms with Crippen molar-refractivity contribution in [1.29, 1.82) is 0 Å². The standard InChI is InChI=1S/C12H20N4O2S/c1-15-5-2-6-16(8-7-15)19(17,18)10-3-4-11(13)12(14)9-10/h3-4,9H,2,5-8,13-14H2,1H3. The molecule has 0 spiro atoms. The van der Waals surface area contributed by atoms with E-state index in [1.165, 1.54) is 22.5 Å². The number of benzene rings is 1. The maximum Gasteiger partial charge on any atom is 0.243 e. The summed E-state index contributed by atoms with van der Waals surface area (Å²) >= 11 is 0. The third-order valence-corrected chi connectivity index (χ3v) is 5.27. The van der Waals surface area contributed by atoms with Crippen molar-refractivity contribution in [3.63, 3.8) is 0 Å². The fraction of sp³-hybridized carbons (Fsp3) is 0.500. The summed E-state index contributed by atoms with van der Waals surface area (Å²) in [4.78, 5) is 2.34. The van der Waals surface area contributed by atoms with Crippen LogP contribution >= 0.6 is 0 Å². The Morgan fingerprint density at radius 2 is 1.79 bits per heavy atom. The molecule has 4 N–H and O–H groups in total. The molecule has 7 heteroatoms. The van der Waals surface area contributed by atoms with Crippen LogP contribution in [0.5, 0.6) is 0 Å². The molecule has 106 valence electrons. The first-order valence-corrected chi connectivity index (χ1v) is 7.69. The van der Waals surface area contributed by atoms with Gasteiger partial charge in [-0.3, -0.25) is 0 Å². The van der Waals surface area contributed by atoms with Crippen molar-refractivity contribution in [3.05, 3.63) is 18.2 Å². The Bertz CT molecular complexity index is 559. The SMILES string of the molecule is CN1CCCN(S(=O)(=O)c2ccc(N)c(N)c2)CC1. The van der Waals surface area contributed by atoms with Crippen LogP contribution in [0, 0.1) is 0 Å². The molecule has 0 bridgehead atoms. The number of likely N-dealkylation sites (N-methyl/N-ethyl adjacent to an activating group) is 1. The smallest absolute Gasteiger partial charge is 0.243 e. The molecular weight excluding hydrogens is 264 g/mol. The van der Waals surface area contributed by atoms with E-state index in [1.54, 1.807) is 0 Å². The number of nitrogens with zero attached hydrogens (tertiary/aromatic N) is 2. The van der Waals surface area contributed by atoms with E-state index in [4.69, 9.17) is 11.5 Å². The molecule has 0 aliphatic carbocycles. The van der Waals surface area contributed by atoms with Gasteiger partial charge >= 0.3 is 0 Å². The van der Waals surface area contributed by atoms with E-state index in [1.807, 2.05) is 7.05 Å². The molecule has 0 amide bonds. The Labute approximate surface area is 114 Å². The summed E-state index contributed by atoms with van der Waals surface area (Å²) in [5.74, 6) is 0. The second kappa shape index (κ2) is 5.36. The molecule has 1 aliphatic rings. The third kappa shape index (κ3) is 2.99. The van der Waals surface area contributed by atoms with Crippen LogP contribution in [0.25, 0.3) is 0 Å². The van der Waals surface area contributed by atoms with E-state index in [2.05, 4.69) is 4.90 Å². The minimum atomic E-state index is -3.48. The van der Waals surface area contributed by atoms with Gasteiger partial charge in [-0.15, -0.1) is 0 Å². The maximum absolute atomic E-state index is 12.5. The van der Waals surface area contributed by atoms with Gasteiger partial charge in [0.05, 0.1) is 16.3 Å². The zero-order valence-electron chi connectivity index (χ0n) is 11.0. The Balaban J connectivity index is 2.28. The van der Waals surface area contributed by atoms with Crippen molar-refractivity contribution in [1.82, 2.24) is 9.21 Å². The molecule has 1 aromatic rings. The van der Waals surface area contributed by atoms with Crippen LogP contribution in [0.3, 0.4) is 0 Å². The first kappa shape index (κ1) is 14.1. The Hall–Kier alpha value is -1.31. The predicted molar refractivity (Wildman–Crippen MR) is 76.1 cm³/mol. The summed E-state index contributed by atoms with van der Waals surface area (Å²) in [6.07, 6.45) is 0.834. The summed E-state index contributed by atoms with van der Waals surface area (Å²) in [5.41, 5.74) is 12.0. The van der Waals surface area contributed by atoms with Gasteiger partial charge in [-0.2, -0.15) is 4.31 Å². The van der Waals surface area contributed by atoms with Gasteiger partial charge in [0, 0.05) is 19.6 Å². The van der Waals surface area contributed by atoms with Crippen LogP contribution in [0.4, 0.5) is 11.4 Å². The van der Waals surface area contributed by atoms with Gasteiger partial charge in [-0.25, -0.2) is 8.42 Å². The van der Waals surface area contributed by atoms with Crippen molar-refractivity contribution < 1.29 is 8.42 Å². The molecule has 0 saturated carbocycles. The Morgan fingerprint density at radius 3 is 2.47 bits per heavy atom. The number of hydrogen-bond donors (Lipinski definition) is 2. The summed E-state index contributed by atoms with van der Waals surface area (Å²) in [6.45, 7) is 2.69. The minimum absolute atomic E-state index is 0.212. The lowest BCUT2D eigenvalue weighted by molar-refractivity contribution is 0.347. The second-order valence-electron chi connectivity index (χ2n) is 4.85. The molecule has 2 rings (SSSR count). The van der Waals surface area contributed by atoms with Crippen LogP contribution in [0.15, 0.2) is 23.1 Å². The molecular formula is C12H20N4O2S. The lowest BCUT2D eigenvalue weighted by atomic mass is 10.3. The highest BCUT2D eigenvalue weighted by atomic mass is 32.2. The largest absolute Gasteiger partial charge is 0.397 e. The van der Waals surface area contributed by atoms with E-state index in [9.17, 15) is 8.42 Å². The number of hydrogen-bond acceptors (Lipinski definition) is 5. The number of nitrogen functional groups attached to an aromatic ring is 2. The van der Waals surface area contributed by atoms with E-state index in [-0.39, 0.29) is 4.90 Å². The van der Waals surface area contributed by atoms with Gasteiger partial charge in [0.2, 0.25) is 10.0 Å². The zero-order valence-corrected chi connectivity index (χ0v) is 11.9. The van der Waals surface area contributed by atoms with Crippen LogP contribution < -0.4 is 11.5 Å². The molecule has 1 fully saturated rings. The Kier molecular flexibility index (Phi) is 3.98. The van der Waals surface area contributed by atoms with Crippen LogP contribution in [-0.4, -0.2) is 50.8 Å². The van der Waals surface area contributed by atoms with Crippen molar-refractivity contribution in [2.24, 2.45) is 0 Å². The highest BCUT2D eigenvalue weighted by Gasteiger charge is 2.26. The summed E-state index contributed by atoms with van der Waals surface area (Å²) in [6, 6.07) is 4.47. The van der Waals surface area contributed by atoms with Gasteiger partial charge in [-0.05, 0) is 38.2 Å². The van der Waals surface area contributed by atoms with E-state index in [0.717, 1.165) is 19.5 Å². The molecule has 1 heterocycles. The topological polar surface area (TPSA) is 92.7 Å². The van der Waals surface area contributed by atoms with Crippen molar-refractivity contribution in [2.45, 2.75) is 11.3 Å². The number of sulfonamides is 1. The highest BCUT2D eigenvalue weighted by molar-refractivity contribution is 7.89. The number of anilines is 2. The molecule has 1 saturated heterocycles. The first-order valence-electron chi connectivity index (χ1n) is 6.25. The zero-order chi connectivity index (χ0) is 14.0. The number of rotatable bonds is 2. The average molecular weight is 284 g/mol. The summed E-state index contributed by atoms with van der Waals surface area (Å²) < 4.78 is 26.6. The second-order valence-corrected chi connectivity index (χ2v) is 6.79. The molecule has 1 aliphatic heterocycles. The van der Waals surface area contributed by atoms with Crippen molar-refractivity contribution in [2.75, 3.05) is 44.7 Å². The normalized spacial score (nSPS) is 19.2. The molecule has 0 radical (unpaired) electrons. The maximum atomic E-state index is 12.5. The van der Waals surface area contributed by atoms with Crippen LogP contribution in [-0.2, 0) is 10.0 Å². The fourth-order valence-corrected chi connectivity index (χ4v) is 3.63. The Morgan fingerprint density at radius 1 is 1.05 bits per heavy atom. The first-order chi connectivity index (χ1) is 8.91.